The van der Waals surface area contributed by atoms with Gasteiger partial charge in [0.1, 0.15) is 5.54 Å². The van der Waals surface area contributed by atoms with Gasteiger partial charge in [-0.05, 0) is 23.4 Å². The first-order valence-electron chi connectivity index (χ1n) is 7.84. The molecular weight excluding hydrogens is 325 g/mol. The zero-order chi connectivity index (χ0) is 16.1. The maximum absolute atomic E-state index is 6.79. The van der Waals surface area contributed by atoms with E-state index in [1.54, 1.807) is 0 Å². The van der Waals surface area contributed by atoms with E-state index in [1.807, 2.05) is 24.3 Å². The molecule has 0 saturated carbocycles. The highest BCUT2D eigenvalue weighted by atomic mass is 35.5. The normalized spacial score (nSPS) is 22.3. The second kappa shape index (κ2) is 5.15. The molecule has 1 heterocycles. The Hall–Kier alpha value is -1.70. The van der Waals surface area contributed by atoms with E-state index in [9.17, 15) is 0 Å². The van der Waals surface area contributed by atoms with Gasteiger partial charge < -0.3 is 4.90 Å². The van der Waals surface area contributed by atoms with E-state index in [4.69, 9.17) is 23.2 Å². The predicted octanol–water partition coefficient (Wildman–Crippen LogP) is 6.10. The van der Waals surface area contributed by atoms with Gasteiger partial charge in [0.05, 0.1) is 0 Å². The Balaban J connectivity index is 1.92. The van der Waals surface area contributed by atoms with Gasteiger partial charge in [-0.25, -0.2) is 0 Å². The summed E-state index contributed by atoms with van der Waals surface area (Å²) in [7, 11) is 0. The highest BCUT2D eigenvalue weighted by molar-refractivity contribution is 6.54. The quantitative estimate of drug-likeness (QED) is 0.316. The number of benzene rings is 3. The summed E-state index contributed by atoms with van der Waals surface area (Å²) in [4.78, 5) is 2.14. The van der Waals surface area contributed by atoms with Crippen LogP contribution in [-0.4, -0.2) is 4.46 Å². The predicted molar refractivity (Wildman–Crippen MR) is 99.3 cm³/mol. The number of nitrogens with zero attached hydrogens (tertiary/aromatic N) is 1. The third-order valence-corrected chi connectivity index (χ3v) is 5.84. The van der Waals surface area contributed by atoms with Gasteiger partial charge in [-0.1, -0.05) is 96.9 Å². The van der Waals surface area contributed by atoms with Crippen molar-refractivity contribution in [2.24, 2.45) is 0 Å². The summed E-state index contributed by atoms with van der Waals surface area (Å²) < 4.78 is -0.937. The molecule has 0 aromatic heterocycles. The van der Waals surface area contributed by atoms with Crippen LogP contribution in [0, 0.1) is 0 Å². The Bertz CT molecular complexity index is 854. The maximum Gasteiger partial charge on any atom is 0.219 e. The van der Waals surface area contributed by atoms with E-state index < -0.39 is 4.46 Å². The summed E-state index contributed by atoms with van der Waals surface area (Å²) in [6.07, 6.45) is 0.841. The molecule has 0 radical (unpaired) electrons. The van der Waals surface area contributed by atoms with Crippen molar-refractivity contribution >= 4 is 39.7 Å². The van der Waals surface area contributed by atoms with Crippen molar-refractivity contribution in [1.82, 2.24) is 0 Å². The van der Waals surface area contributed by atoms with Crippen LogP contribution in [0.3, 0.4) is 0 Å². The number of rotatable bonds is 3. The zero-order valence-electron chi connectivity index (χ0n) is 12.8. The smallest absolute Gasteiger partial charge is 0.219 e. The molecular formula is C20H17Cl2N. The molecule has 4 rings (SSSR count). The van der Waals surface area contributed by atoms with E-state index in [1.165, 1.54) is 10.8 Å². The SMILES string of the molecule is CCC1(c2ccccc2)N(c2cccc3ccccc23)C1(Cl)Cl. The third-order valence-electron chi connectivity index (χ3n) is 4.88. The number of hydrogen-bond acceptors (Lipinski definition) is 1. The summed E-state index contributed by atoms with van der Waals surface area (Å²) in [6.45, 7) is 2.14. The Morgan fingerprint density at radius 1 is 0.826 bits per heavy atom. The van der Waals surface area contributed by atoms with Gasteiger partial charge in [-0.2, -0.15) is 0 Å². The molecule has 0 N–H and O–H groups in total. The number of halogens is 2. The fourth-order valence-electron chi connectivity index (χ4n) is 3.70. The first-order chi connectivity index (χ1) is 11.1. The van der Waals surface area contributed by atoms with Crippen LogP contribution in [0.15, 0.2) is 72.8 Å². The molecule has 3 aromatic carbocycles. The highest BCUT2D eigenvalue weighted by Crippen LogP contribution is 2.68. The molecule has 1 nitrogen and oxygen atoms in total. The van der Waals surface area contributed by atoms with Crippen molar-refractivity contribution in [2.45, 2.75) is 23.3 Å². The number of hydrogen-bond donors (Lipinski definition) is 0. The van der Waals surface area contributed by atoms with Crippen molar-refractivity contribution in [3.8, 4) is 0 Å². The summed E-state index contributed by atoms with van der Waals surface area (Å²) in [5.41, 5.74) is 1.85. The van der Waals surface area contributed by atoms with Gasteiger partial charge in [0.25, 0.3) is 0 Å². The Labute approximate surface area is 146 Å². The van der Waals surface area contributed by atoms with E-state index in [2.05, 4.69) is 60.4 Å². The second-order valence-corrected chi connectivity index (χ2v) is 7.24. The van der Waals surface area contributed by atoms with Crippen LogP contribution in [0.2, 0.25) is 0 Å². The lowest BCUT2D eigenvalue weighted by Crippen LogP contribution is -2.16. The molecule has 0 aliphatic carbocycles. The second-order valence-electron chi connectivity index (χ2n) is 5.95. The van der Waals surface area contributed by atoms with Crippen molar-refractivity contribution in [2.75, 3.05) is 4.90 Å². The van der Waals surface area contributed by atoms with Gasteiger partial charge in [-0.3, -0.25) is 0 Å². The van der Waals surface area contributed by atoms with Crippen molar-refractivity contribution in [3.63, 3.8) is 0 Å². The highest BCUT2D eigenvalue weighted by Gasteiger charge is 2.74. The van der Waals surface area contributed by atoms with Crippen molar-refractivity contribution < 1.29 is 0 Å². The molecule has 1 aliphatic heterocycles. The van der Waals surface area contributed by atoms with Gasteiger partial charge in [0, 0.05) is 11.1 Å². The first-order valence-corrected chi connectivity index (χ1v) is 8.60. The lowest BCUT2D eigenvalue weighted by Gasteiger charge is -2.17. The van der Waals surface area contributed by atoms with Crippen LogP contribution in [0.1, 0.15) is 18.9 Å². The van der Waals surface area contributed by atoms with E-state index >= 15 is 0 Å². The number of fused-ring (bicyclic) bond motifs is 1. The van der Waals surface area contributed by atoms with Gasteiger partial charge in [0.15, 0.2) is 0 Å². The van der Waals surface area contributed by atoms with Crippen LogP contribution in [0.25, 0.3) is 10.8 Å². The Kier molecular flexibility index (Phi) is 3.33. The Morgan fingerprint density at radius 2 is 1.48 bits per heavy atom. The van der Waals surface area contributed by atoms with Crippen LogP contribution in [-0.2, 0) is 5.54 Å². The molecule has 3 heteroatoms. The van der Waals surface area contributed by atoms with E-state index in [0.29, 0.717) is 0 Å². The zero-order valence-corrected chi connectivity index (χ0v) is 14.4. The van der Waals surface area contributed by atoms with Gasteiger partial charge in [0.2, 0.25) is 4.46 Å². The van der Waals surface area contributed by atoms with Gasteiger partial charge >= 0.3 is 0 Å². The fraction of sp³-hybridized carbons (Fsp3) is 0.200. The maximum atomic E-state index is 6.79. The van der Waals surface area contributed by atoms with E-state index in [0.717, 1.165) is 17.7 Å². The molecule has 3 aromatic rings. The molecule has 1 aliphatic rings. The molecule has 1 atom stereocenters. The molecule has 0 amide bonds. The molecule has 116 valence electrons. The Morgan fingerprint density at radius 3 is 2.22 bits per heavy atom. The molecule has 1 fully saturated rings. The summed E-state index contributed by atoms with van der Waals surface area (Å²) >= 11 is 13.6. The monoisotopic (exact) mass is 341 g/mol. The molecule has 0 bridgehead atoms. The molecule has 1 unspecified atom stereocenters. The number of alkyl halides is 2. The molecule has 23 heavy (non-hydrogen) atoms. The minimum absolute atomic E-state index is 0.387. The van der Waals surface area contributed by atoms with Crippen LogP contribution < -0.4 is 4.90 Å². The van der Waals surface area contributed by atoms with Crippen molar-refractivity contribution in [3.05, 3.63) is 78.4 Å². The fourth-order valence-corrected chi connectivity index (χ4v) is 4.74. The first kappa shape index (κ1) is 14.9. The lowest BCUT2D eigenvalue weighted by molar-refractivity contribution is 0.653. The average Bonchev–Trinajstić information content (AvgIpc) is 3.11. The lowest BCUT2D eigenvalue weighted by atomic mass is 9.95. The summed E-state index contributed by atoms with van der Waals surface area (Å²) in [5.74, 6) is 0. The van der Waals surface area contributed by atoms with E-state index in [-0.39, 0.29) is 5.54 Å². The minimum Gasteiger partial charge on any atom is -0.323 e. The van der Waals surface area contributed by atoms with Crippen LogP contribution >= 0.6 is 23.2 Å². The largest absolute Gasteiger partial charge is 0.323 e. The van der Waals surface area contributed by atoms with Gasteiger partial charge in [-0.15, -0.1) is 0 Å². The molecule has 1 saturated heterocycles. The van der Waals surface area contributed by atoms with Crippen LogP contribution in [0.4, 0.5) is 5.69 Å². The number of anilines is 1. The topological polar surface area (TPSA) is 3.01 Å². The average molecular weight is 342 g/mol. The van der Waals surface area contributed by atoms with Crippen LogP contribution in [0.5, 0.6) is 0 Å². The standard InChI is InChI=1S/C20H17Cl2N/c1-2-19(16-11-4-3-5-12-16)20(21,22)23(19)18-14-8-10-15-9-6-7-13-17(15)18/h3-14H,2H2,1H3. The molecule has 0 spiro atoms. The summed E-state index contributed by atoms with van der Waals surface area (Å²) in [5, 5.41) is 2.37. The third kappa shape index (κ3) is 1.93. The summed E-state index contributed by atoms with van der Waals surface area (Å²) in [6, 6.07) is 24.9. The minimum atomic E-state index is -0.937. The van der Waals surface area contributed by atoms with Crippen molar-refractivity contribution in [1.29, 1.82) is 0 Å².